The van der Waals surface area contributed by atoms with Crippen molar-refractivity contribution in [2.24, 2.45) is 0 Å². The second-order valence-corrected chi connectivity index (χ2v) is 10.7. The van der Waals surface area contributed by atoms with Crippen LogP contribution >= 0.6 is 11.3 Å². The molecule has 7 nitrogen and oxygen atoms in total. The molecule has 37 heavy (non-hydrogen) atoms. The van der Waals surface area contributed by atoms with Gasteiger partial charge in [-0.2, -0.15) is 0 Å². The topological polar surface area (TPSA) is 81.6 Å². The van der Waals surface area contributed by atoms with Gasteiger partial charge in [-0.1, -0.05) is 31.2 Å². The van der Waals surface area contributed by atoms with E-state index in [1.54, 1.807) is 20.2 Å². The van der Waals surface area contributed by atoms with Gasteiger partial charge in [-0.3, -0.25) is 9.78 Å². The lowest BCUT2D eigenvalue weighted by atomic mass is 9.99. The highest BCUT2D eigenvalue weighted by Gasteiger charge is 2.54. The van der Waals surface area contributed by atoms with Crippen LogP contribution in [-0.2, 0) is 34.3 Å². The number of amides is 1. The maximum absolute atomic E-state index is 14.0. The van der Waals surface area contributed by atoms with Crippen molar-refractivity contribution in [2.45, 2.75) is 64.8 Å². The van der Waals surface area contributed by atoms with E-state index >= 15 is 0 Å². The van der Waals surface area contributed by atoms with Crippen LogP contribution in [0.1, 0.15) is 70.3 Å². The molecule has 0 bridgehead atoms. The maximum atomic E-state index is 14.0. The first-order chi connectivity index (χ1) is 17.9. The van der Waals surface area contributed by atoms with Crippen molar-refractivity contribution in [3.8, 4) is 5.75 Å². The van der Waals surface area contributed by atoms with Gasteiger partial charge in [0.05, 0.1) is 37.6 Å². The van der Waals surface area contributed by atoms with Crippen LogP contribution in [0.5, 0.6) is 5.75 Å². The Labute approximate surface area is 222 Å². The number of aryl methyl sites for hydroxylation is 3. The Bertz CT molecular complexity index is 1230. The Hall–Kier alpha value is -3.26. The van der Waals surface area contributed by atoms with Crippen LogP contribution < -0.4 is 4.74 Å². The van der Waals surface area contributed by atoms with Gasteiger partial charge < -0.3 is 14.4 Å². The number of aromatic nitrogens is 2. The van der Waals surface area contributed by atoms with Crippen molar-refractivity contribution < 1.29 is 19.1 Å². The minimum atomic E-state index is -0.606. The molecule has 8 heteroatoms. The summed E-state index contributed by atoms with van der Waals surface area (Å²) in [5.41, 5.74) is 3.10. The molecule has 1 aliphatic carbocycles. The Balaban J connectivity index is 1.54. The molecular weight excluding hydrogens is 486 g/mol. The van der Waals surface area contributed by atoms with Crippen molar-refractivity contribution in [3.05, 3.63) is 75.0 Å². The Morgan fingerprint density at radius 2 is 1.92 bits per heavy atom. The van der Waals surface area contributed by atoms with E-state index in [0.717, 1.165) is 47.7 Å². The number of benzene rings is 1. The average molecular weight is 522 g/mol. The average Bonchev–Trinajstić information content (AvgIpc) is 3.64. The van der Waals surface area contributed by atoms with Gasteiger partial charge in [0.25, 0.3) is 0 Å². The fourth-order valence-corrected chi connectivity index (χ4v) is 5.53. The number of nitrogens with zero attached hydrogens (tertiary/aromatic N) is 3. The molecule has 1 amide bonds. The fourth-order valence-electron chi connectivity index (χ4n) is 4.59. The third-order valence-electron chi connectivity index (χ3n) is 6.84. The number of pyridine rings is 1. The van der Waals surface area contributed by atoms with Gasteiger partial charge in [-0.15, -0.1) is 11.3 Å². The summed E-state index contributed by atoms with van der Waals surface area (Å²) in [6.07, 6.45) is 5.93. The summed E-state index contributed by atoms with van der Waals surface area (Å²) >= 11 is 1.44. The highest BCUT2D eigenvalue weighted by molar-refractivity contribution is 7.11. The number of carbonyl (C=O) groups excluding carboxylic acids is 2. The second kappa shape index (κ2) is 11.9. The molecule has 1 saturated carbocycles. The molecule has 1 fully saturated rings. The van der Waals surface area contributed by atoms with Crippen molar-refractivity contribution >= 4 is 23.2 Å². The summed E-state index contributed by atoms with van der Waals surface area (Å²) < 4.78 is 10.4. The molecular formula is C29H35N3O4S. The molecule has 0 N–H and O–H groups in total. The highest BCUT2D eigenvalue weighted by Crippen LogP contribution is 2.49. The molecule has 2 aromatic heterocycles. The van der Waals surface area contributed by atoms with Crippen LogP contribution in [0.3, 0.4) is 0 Å². The van der Waals surface area contributed by atoms with E-state index in [9.17, 15) is 9.59 Å². The summed E-state index contributed by atoms with van der Waals surface area (Å²) in [5.74, 6) is 0.318. The number of hydrogen-bond acceptors (Lipinski definition) is 7. The van der Waals surface area contributed by atoms with Crippen molar-refractivity contribution in [2.75, 3.05) is 20.3 Å². The summed E-state index contributed by atoms with van der Waals surface area (Å²) in [4.78, 5) is 38.1. The van der Waals surface area contributed by atoms with E-state index in [2.05, 4.69) is 41.2 Å². The predicted molar refractivity (Wildman–Crippen MR) is 144 cm³/mol. The van der Waals surface area contributed by atoms with Gasteiger partial charge in [0.2, 0.25) is 5.91 Å². The molecule has 0 saturated heterocycles. The Morgan fingerprint density at radius 3 is 2.57 bits per heavy atom. The van der Waals surface area contributed by atoms with Crippen LogP contribution in [0, 0.1) is 6.92 Å². The highest BCUT2D eigenvalue weighted by atomic mass is 32.1. The number of rotatable bonds is 12. The molecule has 0 radical (unpaired) electrons. The minimum absolute atomic E-state index is 0.0676. The molecule has 1 aromatic carbocycles. The minimum Gasteiger partial charge on any atom is -0.495 e. The molecule has 2 heterocycles. The molecule has 1 aliphatic rings. The van der Waals surface area contributed by atoms with Gasteiger partial charge in [0, 0.05) is 11.4 Å². The van der Waals surface area contributed by atoms with Gasteiger partial charge in [0.15, 0.2) is 5.69 Å². The first kappa shape index (κ1) is 26.8. The van der Waals surface area contributed by atoms with Gasteiger partial charge in [-0.05, 0) is 69.2 Å². The van der Waals surface area contributed by atoms with Crippen LogP contribution in [0.15, 0.2) is 42.6 Å². The molecule has 4 rings (SSSR count). The summed E-state index contributed by atoms with van der Waals surface area (Å²) in [6.45, 7) is 7.05. The lowest BCUT2D eigenvalue weighted by molar-refractivity contribution is -0.134. The molecule has 3 aromatic rings. The molecule has 196 valence electrons. The predicted octanol–water partition coefficient (Wildman–Crippen LogP) is 5.29. The van der Waals surface area contributed by atoms with Crippen LogP contribution in [0.2, 0.25) is 0 Å². The summed E-state index contributed by atoms with van der Waals surface area (Å²) in [6, 6.07) is 12.4. The largest absolute Gasteiger partial charge is 0.495 e. The molecule has 0 atom stereocenters. The van der Waals surface area contributed by atoms with Crippen LogP contribution in [0.4, 0.5) is 0 Å². The zero-order valence-electron chi connectivity index (χ0n) is 22.1. The smallest absolute Gasteiger partial charge is 0.358 e. The van der Waals surface area contributed by atoms with E-state index in [1.165, 1.54) is 22.5 Å². The van der Waals surface area contributed by atoms with E-state index in [4.69, 9.17) is 9.47 Å². The number of carbonyl (C=O) groups is 2. The Morgan fingerprint density at radius 1 is 1.14 bits per heavy atom. The zero-order chi connectivity index (χ0) is 26.4. The standard InChI is InChI=1S/C29H35N3O4S/c1-5-21-9-7-10-22(17-21)11-8-16-32(19-25-31-26(20(3)37-25)27(33)36-6-2)28(34)29(14-15-29)24-13-12-23(35-4)18-30-24/h7,9-10,12-13,17-18H,5-6,8,11,14-16,19H2,1-4H3. The lowest BCUT2D eigenvalue weighted by Crippen LogP contribution is -2.40. The van der Waals surface area contributed by atoms with Crippen LogP contribution in [-0.4, -0.2) is 47.0 Å². The van der Waals surface area contributed by atoms with Crippen molar-refractivity contribution in [1.29, 1.82) is 0 Å². The number of esters is 1. The Kier molecular flexibility index (Phi) is 8.59. The van der Waals surface area contributed by atoms with Crippen molar-refractivity contribution in [3.63, 3.8) is 0 Å². The molecule has 0 aliphatic heterocycles. The van der Waals surface area contributed by atoms with Gasteiger partial charge in [-0.25, -0.2) is 9.78 Å². The number of hydrogen-bond donors (Lipinski definition) is 0. The van der Waals surface area contributed by atoms with E-state index in [-0.39, 0.29) is 5.91 Å². The number of methoxy groups -OCH3 is 1. The maximum Gasteiger partial charge on any atom is 0.358 e. The fraction of sp³-hybridized carbons (Fsp3) is 0.448. The molecule has 0 spiro atoms. The number of ether oxygens (including phenoxy) is 2. The lowest BCUT2D eigenvalue weighted by Gasteiger charge is -2.27. The third kappa shape index (κ3) is 6.18. The van der Waals surface area contributed by atoms with E-state index < -0.39 is 11.4 Å². The first-order valence-corrected chi connectivity index (χ1v) is 13.7. The quantitative estimate of drug-likeness (QED) is 0.301. The first-order valence-electron chi connectivity index (χ1n) is 12.9. The normalized spacial score (nSPS) is 13.7. The third-order valence-corrected chi connectivity index (χ3v) is 7.79. The van der Waals surface area contributed by atoms with Gasteiger partial charge in [0.1, 0.15) is 10.8 Å². The van der Waals surface area contributed by atoms with E-state index in [1.807, 2.05) is 24.0 Å². The zero-order valence-corrected chi connectivity index (χ0v) is 22.9. The summed E-state index contributed by atoms with van der Waals surface area (Å²) in [7, 11) is 1.60. The van der Waals surface area contributed by atoms with Crippen molar-refractivity contribution in [1.82, 2.24) is 14.9 Å². The molecule has 0 unspecified atom stereocenters. The van der Waals surface area contributed by atoms with E-state index in [0.29, 0.717) is 31.1 Å². The number of thiazole rings is 1. The van der Waals surface area contributed by atoms with Crippen LogP contribution in [0.25, 0.3) is 0 Å². The second-order valence-electron chi connectivity index (χ2n) is 9.40. The SMILES string of the molecule is CCOC(=O)c1nc(CN(CCCc2cccc(CC)c2)C(=O)C2(c3ccc(OC)cn3)CC2)sc1C. The van der Waals surface area contributed by atoms with Gasteiger partial charge >= 0.3 is 5.97 Å². The monoisotopic (exact) mass is 521 g/mol. The summed E-state index contributed by atoms with van der Waals surface area (Å²) in [5, 5.41) is 0.736.